The maximum atomic E-state index is 8.77. The van der Waals surface area contributed by atoms with Crippen LogP contribution in [0.1, 0.15) is 180 Å². The first-order valence-electron chi connectivity index (χ1n) is 15.7. The van der Waals surface area contributed by atoms with E-state index in [9.17, 15) is 0 Å². The molecule has 0 fully saturated rings. The van der Waals surface area contributed by atoms with Crippen LogP contribution in [0.25, 0.3) is 0 Å². The van der Waals surface area contributed by atoms with E-state index in [1.165, 1.54) is 180 Å². The first-order chi connectivity index (χ1) is 16.4. The summed E-state index contributed by atoms with van der Waals surface area (Å²) < 4.78 is 0. The molecule has 2 N–H and O–H groups in total. The summed E-state index contributed by atoms with van der Waals surface area (Å²) >= 11 is 0. The van der Waals surface area contributed by atoms with E-state index in [-0.39, 0.29) is 0 Å². The highest BCUT2D eigenvalue weighted by Gasteiger charge is 1.96. The Bertz CT molecular complexity index is 290. The lowest BCUT2D eigenvalue weighted by atomic mass is 10.0. The summed E-state index contributed by atoms with van der Waals surface area (Å²) in [5.41, 5.74) is 0. The molecule has 2 nitrogen and oxygen atoms in total. The zero-order valence-corrected chi connectivity index (χ0v) is 23.2. The average Bonchev–Trinajstić information content (AvgIpc) is 2.83. The lowest BCUT2D eigenvalue weighted by Gasteiger charge is -2.05. The van der Waals surface area contributed by atoms with Gasteiger partial charge in [-0.3, -0.25) is 0 Å². The van der Waals surface area contributed by atoms with E-state index in [2.05, 4.69) is 12.2 Å². The molecule has 0 unspecified atom stereocenters. The second kappa shape index (κ2) is 31.9. The third kappa shape index (κ3) is 31.9. The zero-order valence-electron chi connectivity index (χ0n) is 23.2. The summed E-state index contributed by atoms with van der Waals surface area (Å²) in [7, 11) is 0. The van der Waals surface area contributed by atoms with Gasteiger partial charge in [0.05, 0.1) is 0 Å². The third-order valence-electron chi connectivity index (χ3n) is 7.22. The Labute approximate surface area is 210 Å². The summed E-state index contributed by atoms with van der Waals surface area (Å²) in [6, 6.07) is 0. The Morgan fingerprint density at radius 3 is 0.848 bits per heavy atom. The van der Waals surface area contributed by atoms with E-state index in [4.69, 9.17) is 5.11 Å². The van der Waals surface area contributed by atoms with E-state index >= 15 is 0 Å². The topological polar surface area (TPSA) is 32.3 Å². The molecular formula is C31H65NO. The molecule has 200 valence electrons. The number of unbranched alkanes of at least 4 members (excludes halogenated alkanes) is 25. The maximum Gasteiger partial charge on any atom is 0.0431 e. The van der Waals surface area contributed by atoms with Crippen LogP contribution >= 0.6 is 0 Å². The van der Waals surface area contributed by atoms with E-state index in [1.807, 2.05) is 0 Å². The minimum absolute atomic E-state index is 0.373. The first-order valence-corrected chi connectivity index (χ1v) is 15.7. The van der Waals surface area contributed by atoms with Gasteiger partial charge in [-0.05, 0) is 32.4 Å². The van der Waals surface area contributed by atoms with Crippen LogP contribution in [0.15, 0.2) is 0 Å². The fourth-order valence-electron chi connectivity index (χ4n) is 4.88. The van der Waals surface area contributed by atoms with Crippen molar-refractivity contribution in [3.8, 4) is 0 Å². The predicted octanol–water partition coefficient (Wildman–Crippen LogP) is 10.1. The lowest BCUT2D eigenvalue weighted by Crippen LogP contribution is -2.16. The summed E-state index contributed by atoms with van der Waals surface area (Å²) in [5, 5.41) is 12.4. The minimum atomic E-state index is 0.373. The van der Waals surface area contributed by atoms with Crippen LogP contribution in [0, 0.1) is 0 Å². The van der Waals surface area contributed by atoms with E-state index < -0.39 is 0 Å². The van der Waals surface area contributed by atoms with Gasteiger partial charge in [-0.25, -0.2) is 0 Å². The van der Waals surface area contributed by atoms with Crippen LogP contribution < -0.4 is 5.32 Å². The molecule has 2 heteroatoms. The second-order valence-corrected chi connectivity index (χ2v) is 10.7. The monoisotopic (exact) mass is 468 g/mol. The SMILES string of the molecule is CCCCCCCCCNCCCCCCCCCCCCCCCCCCCCCCO. The van der Waals surface area contributed by atoms with Crippen molar-refractivity contribution in [3.63, 3.8) is 0 Å². The van der Waals surface area contributed by atoms with Crippen molar-refractivity contribution < 1.29 is 5.11 Å². The highest BCUT2D eigenvalue weighted by Crippen LogP contribution is 2.14. The molecular weight excluding hydrogens is 402 g/mol. The molecule has 0 bridgehead atoms. The molecule has 0 amide bonds. The zero-order chi connectivity index (χ0) is 23.9. The van der Waals surface area contributed by atoms with Gasteiger partial charge in [0.2, 0.25) is 0 Å². The van der Waals surface area contributed by atoms with E-state index in [0.29, 0.717) is 6.61 Å². The minimum Gasteiger partial charge on any atom is -0.396 e. The molecule has 0 rings (SSSR count). The highest BCUT2D eigenvalue weighted by molar-refractivity contribution is 4.53. The molecule has 0 saturated carbocycles. The van der Waals surface area contributed by atoms with Crippen LogP contribution in [-0.4, -0.2) is 24.8 Å². The Hall–Kier alpha value is -0.0800. The van der Waals surface area contributed by atoms with Gasteiger partial charge in [-0.15, -0.1) is 0 Å². The quantitative estimate of drug-likeness (QED) is 0.103. The molecule has 0 aliphatic rings. The summed E-state index contributed by atoms with van der Waals surface area (Å²) in [5.74, 6) is 0. The van der Waals surface area contributed by atoms with Crippen LogP contribution in [0.4, 0.5) is 0 Å². The van der Waals surface area contributed by atoms with Crippen molar-refractivity contribution in [1.82, 2.24) is 5.32 Å². The Balaban J connectivity index is 2.99. The Kier molecular flexibility index (Phi) is 31.8. The molecule has 0 aromatic rings. The van der Waals surface area contributed by atoms with Crippen molar-refractivity contribution >= 4 is 0 Å². The summed E-state index contributed by atoms with van der Waals surface area (Å²) in [6.07, 6.45) is 38.0. The van der Waals surface area contributed by atoms with E-state index in [0.717, 1.165) is 6.42 Å². The van der Waals surface area contributed by atoms with Crippen LogP contribution in [0.5, 0.6) is 0 Å². The van der Waals surface area contributed by atoms with E-state index in [1.54, 1.807) is 0 Å². The maximum absolute atomic E-state index is 8.77. The van der Waals surface area contributed by atoms with Crippen molar-refractivity contribution in [2.45, 2.75) is 180 Å². The summed E-state index contributed by atoms with van der Waals surface area (Å²) in [6.45, 7) is 5.14. The Morgan fingerprint density at radius 1 is 0.333 bits per heavy atom. The molecule has 0 aromatic carbocycles. The first kappa shape index (κ1) is 32.9. The molecule has 0 aliphatic heterocycles. The number of hydrogen-bond donors (Lipinski definition) is 2. The van der Waals surface area contributed by atoms with Gasteiger partial charge in [0.1, 0.15) is 0 Å². The molecule has 0 spiro atoms. The van der Waals surface area contributed by atoms with Crippen LogP contribution in [-0.2, 0) is 0 Å². The van der Waals surface area contributed by atoms with Gasteiger partial charge in [0.25, 0.3) is 0 Å². The smallest absolute Gasteiger partial charge is 0.0431 e. The largest absolute Gasteiger partial charge is 0.396 e. The molecule has 0 saturated heterocycles. The number of rotatable bonds is 30. The third-order valence-corrected chi connectivity index (χ3v) is 7.22. The second-order valence-electron chi connectivity index (χ2n) is 10.7. The fraction of sp³-hybridized carbons (Fsp3) is 1.00. The van der Waals surface area contributed by atoms with Crippen LogP contribution in [0.3, 0.4) is 0 Å². The molecule has 33 heavy (non-hydrogen) atoms. The Morgan fingerprint density at radius 2 is 0.576 bits per heavy atom. The fourth-order valence-corrected chi connectivity index (χ4v) is 4.88. The number of hydrogen-bond acceptors (Lipinski definition) is 2. The predicted molar refractivity (Wildman–Crippen MR) is 150 cm³/mol. The van der Waals surface area contributed by atoms with Gasteiger partial charge in [0.15, 0.2) is 0 Å². The van der Waals surface area contributed by atoms with Crippen molar-refractivity contribution in [3.05, 3.63) is 0 Å². The van der Waals surface area contributed by atoms with Gasteiger partial charge in [-0.2, -0.15) is 0 Å². The van der Waals surface area contributed by atoms with Gasteiger partial charge in [-0.1, -0.05) is 161 Å². The molecule has 0 aliphatic carbocycles. The number of aliphatic hydroxyl groups is 1. The van der Waals surface area contributed by atoms with Gasteiger partial charge < -0.3 is 10.4 Å². The normalized spacial score (nSPS) is 11.5. The van der Waals surface area contributed by atoms with Gasteiger partial charge >= 0.3 is 0 Å². The van der Waals surface area contributed by atoms with Crippen molar-refractivity contribution in [1.29, 1.82) is 0 Å². The highest BCUT2D eigenvalue weighted by atomic mass is 16.2. The molecule has 0 aromatic heterocycles. The summed E-state index contributed by atoms with van der Waals surface area (Å²) in [4.78, 5) is 0. The molecule has 0 radical (unpaired) electrons. The van der Waals surface area contributed by atoms with Crippen LogP contribution in [0.2, 0.25) is 0 Å². The number of aliphatic hydroxyl groups excluding tert-OH is 1. The number of nitrogens with one attached hydrogen (secondary N) is 1. The lowest BCUT2D eigenvalue weighted by molar-refractivity contribution is 0.282. The molecule has 0 atom stereocenters. The average molecular weight is 468 g/mol. The molecule has 0 heterocycles. The van der Waals surface area contributed by atoms with Crippen molar-refractivity contribution in [2.75, 3.05) is 19.7 Å². The van der Waals surface area contributed by atoms with Crippen molar-refractivity contribution in [2.24, 2.45) is 0 Å². The standard InChI is InChI=1S/C31H65NO/c1-2-3-4-5-20-23-26-29-32-30-27-24-21-18-16-14-12-10-8-6-7-9-11-13-15-17-19-22-25-28-31-33/h32-33H,2-31H2,1H3. The van der Waals surface area contributed by atoms with Gasteiger partial charge in [0, 0.05) is 6.61 Å².